The molecule has 1 saturated carbocycles. The molecule has 3 aromatic heterocycles. The summed E-state index contributed by atoms with van der Waals surface area (Å²) in [4.78, 5) is 35.2. The Kier molecular flexibility index (Phi) is 6.78. The van der Waals surface area contributed by atoms with Crippen LogP contribution in [0.2, 0.25) is 5.02 Å². The number of fused-ring (bicyclic) bond motifs is 1. The number of carbonyl (C=O) groups is 1. The van der Waals surface area contributed by atoms with Gasteiger partial charge in [0.15, 0.2) is 15.6 Å². The van der Waals surface area contributed by atoms with Crippen molar-refractivity contribution in [3.05, 3.63) is 51.1 Å². The van der Waals surface area contributed by atoms with Crippen LogP contribution in [0.1, 0.15) is 50.3 Å². The lowest BCUT2D eigenvalue weighted by Crippen LogP contribution is -2.33. The molecule has 4 rings (SSSR count). The van der Waals surface area contributed by atoms with Gasteiger partial charge >= 0.3 is 0 Å². The van der Waals surface area contributed by atoms with Crippen LogP contribution in [0.5, 0.6) is 0 Å². The predicted octanol–water partition coefficient (Wildman–Crippen LogP) is 4.23. The van der Waals surface area contributed by atoms with E-state index in [-0.39, 0.29) is 32.9 Å². The van der Waals surface area contributed by atoms with Gasteiger partial charge < -0.3 is 0 Å². The van der Waals surface area contributed by atoms with Crippen LogP contribution in [0.4, 0.5) is 0 Å². The number of ketones is 1. The summed E-state index contributed by atoms with van der Waals surface area (Å²) < 4.78 is 25.7. The van der Waals surface area contributed by atoms with Crippen LogP contribution < -0.4 is 5.56 Å². The average Bonchev–Trinajstić information content (AvgIpc) is 3.21. The third kappa shape index (κ3) is 4.94. The lowest BCUT2D eigenvalue weighted by Gasteiger charge is -2.27. The van der Waals surface area contributed by atoms with Crippen LogP contribution in [0.3, 0.4) is 0 Å². The fourth-order valence-corrected chi connectivity index (χ4v) is 6.67. The second kappa shape index (κ2) is 9.41. The maximum atomic E-state index is 13.4. The number of pyridine rings is 1. The number of aromatic nitrogens is 3. The Morgan fingerprint density at radius 2 is 2.00 bits per heavy atom. The number of thiophene rings is 1. The first-order valence-corrected chi connectivity index (χ1v) is 13.7. The van der Waals surface area contributed by atoms with Gasteiger partial charge in [-0.2, -0.15) is 0 Å². The summed E-state index contributed by atoms with van der Waals surface area (Å²) in [6.07, 6.45) is 10.1. The molecule has 1 aliphatic rings. The van der Waals surface area contributed by atoms with Crippen molar-refractivity contribution in [2.75, 3.05) is 6.26 Å². The highest BCUT2D eigenvalue weighted by Crippen LogP contribution is 2.32. The molecule has 0 aliphatic heterocycles. The number of sulfone groups is 1. The van der Waals surface area contributed by atoms with E-state index < -0.39 is 15.9 Å². The van der Waals surface area contributed by atoms with Crippen molar-refractivity contribution in [1.82, 2.24) is 14.5 Å². The van der Waals surface area contributed by atoms with Crippen LogP contribution in [-0.2, 0) is 21.1 Å². The second-order valence-electron chi connectivity index (χ2n) is 8.37. The molecule has 0 saturated heterocycles. The van der Waals surface area contributed by atoms with Gasteiger partial charge in [-0.05, 0) is 24.5 Å². The minimum Gasteiger partial charge on any atom is -0.297 e. The molecule has 0 amide bonds. The third-order valence-corrected chi connectivity index (χ3v) is 8.44. The van der Waals surface area contributed by atoms with E-state index in [4.69, 9.17) is 11.6 Å². The topological polar surface area (TPSA) is 99.0 Å². The first-order chi connectivity index (χ1) is 15.2. The fourth-order valence-electron chi connectivity index (χ4n) is 4.33. The quantitative estimate of drug-likeness (QED) is 0.488. The lowest BCUT2D eigenvalue weighted by molar-refractivity contribution is -0.122. The van der Waals surface area contributed by atoms with Crippen molar-refractivity contribution in [3.63, 3.8) is 0 Å². The Morgan fingerprint density at radius 3 is 2.66 bits per heavy atom. The van der Waals surface area contributed by atoms with Crippen LogP contribution in [0.25, 0.3) is 10.2 Å². The molecule has 32 heavy (non-hydrogen) atoms. The Hall–Kier alpha value is -2.10. The summed E-state index contributed by atoms with van der Waals surface area (Å²) in [5, 5.41) is 1.93. The van der Waals surface area contributed by atoms with Gasteiger partial charge in [-0.1, -0.05) is 43.7 Å². The highest BCUT2D eigenvalue weighted by atomic mass is 35.5. The number of rotatable bonds is 7. The Morgan fingerprint density at radius 1 is 1.25 bits per heavy atom. The monoisotopic (exact) mass is 493 g/mol. The van der Waals surface area contributed by atoms with Crippen molar-refractivity contribution in [2.24, 2.45) is 5.92 Å². The van der Waals surface area contributed by atoms with E-state index in [1.807, 2.05) is 0 Å². The molecule has 10 heteroatoms. The van der Waals surface area contributed by atoms with Gasteiger partial charge in [-0.15, -0.1) is 11.3 Å². The molecule has 0 N–H and O–H groups in total. The minimum atomic E-state index is -3.51. The third-order valence-electron chi connectivity index (χ3n) is 6.00. The van der Waals surface area contributed by atoms with Gasteiger partial charge in [-0.25, -0.2) is 13.4 Å². The van der Waals surface area contributed by atoms with Gasteiger partial charge in [0, 0.05) is 23.5 Å². The molecule has 3 aromatic rings. The molecule has 0 spiro atoms. The molecule has 7 nitrogen and oxygen atoms in total. The van der Waals surface area contributed by atoms with Gasteiger partial charge in [0.1, 0.15) is 15.1 Å². The zero-order valence-corrected chi connectivity index (χ0v) is 20.0. The van der Waals surface area contributed by atoms with Crippen LogP contribution >= 0.6 is 22.9 Å². The lowest BCUT2D eigenvalue weighted by atomic mass is 9.83. The number of carbonyl (C=O) groups excluding carboxylic acids is 1. The highest BCUT2D eigenvalue weighted by molar-refractivity contribution is 7.91. The first kappa shape index (κ1) is 23.1. The summed E-state index contributed by atoms with van der Waals surface area (Å²) in [5.41, 5.74) is 0.376. The van der Waals surface area contributed by atoms with E-state index in [9.17, 15) is 18.0 Å². The number of Topliss-reactive ketones (excluding diaryl/α,β-unsaturated/α-hetero) is 1. The van der Waals surface area contributed by atoms with Gasteiger partial charge in [0.25, 0.3) is 5.56 Å². The molecule has 0 bridgehead atoms. The molecular formula is C22H24ClN3O4S2. The molecule has 170 valence electrons. The molecule has 0 aromatic carbocycles. The first-order valence-electron chi connectivity index (χ1n) is 10.6. The SMILES string of the molecule is CS(=O)(=O)c1csc2c(=O)n(C(CC3CCCCC3)C(=O)Cc3ccc(Cl)cn3)cnc12. The molecular weight excluding hydrogens is 470 g/mol. The van der Waals surface area contributed by atoms with E-state index in [2.05, 4.69) is 9.97 Å². The Labute approximate surface area is 195 Å². The summed E-state index contributed by atoms with van der Waals surface area (Å²) in [5.74, 6) is 0.238. The molecule has 0 radical (unpaired) electrons. The zero-order valence-electron chi connectivity index (χ0n) is 17.7. The maximum absolute atomic E-state index is 13.4. The predicted molar refractivity (Wildman–Crippen MR) is 125 cm³/mol. The Bertz CT molecular complexity index is 1290. The van der Waals surface area contributed by atoms with E-state index in [0.717, 1.165) is 43.3 Å². The van der Waals surface area contributed by atoms with Crippen molar-refractivity contribution >= 4 is 48.8 Å². The van der Waals surface area contributed by atoms with Crippen LogP contribution in [0.15, 0.2) is 39.7 Å². The molecule has 1 aliphatic carbocycles. The smallest absolute Gasteiger partial charge is 0.272 e. The average molecular weight is 494 g/mol. The number of nitrogens with zero attached hydrogens (tertiary/aromatic N) is 3. The number of hydrogen-bond acceptors (Lipinski definition) is 7. The summed E-state index contributed by atoms with van der Waals surface area (Å²) >= 11 is 6.95. The van der Waals surface area contributed by atoms with Crippen molar-refractivity contribution in [2.45, 2.75) is 55.9 Å². The van der Waals surface area contributed by atoms with Crippen molar-refractivity contribution < 1.29 is 13.2 Å². The molecule has 1 fully saturated rings. The number of hydrogen-bond donors (Lipinski definition) is 0. The van der Waals surface area contributed by atoms with E-state index >= 15 is 0 Å². The van der Waals surface area contributed by atoms with E-state index in [1.165, 1.54) is 28.9 Å². The summed E-state index contributed by atoms with van der Waals surface area (Å²) in [6, 6.07) is 2.72. The van der Waals surface area contributed by atoms with Gasteiger partial charge in [0.05, 0.1) is 23.8 Å². The molecule has 3 heterocycles. The minimum absolute atomic E-state index is 0.0438. The second-order valence-corrected chi connectivity index (χ2v) is 11.7. The molecule has 1 atom stereocenters. The van der Waals surface area contributed by atoms with Crippen molar-refractivity contribution in [3.8, 4) is 0 Å². The highest BCUT2D eigenvalue weighted by Gasteiger charge is 2.28. The van der Waals surface area contributed by atoms with E-state index in [0.29, 0.717) is 23.1 Å². The van der Waals surface area contributed by atoms with Crippen LogP contribution in [0, 0.1) is 5.92 Å². The fraction of sp³-hybridized carbons (Fsp3) is 0.455. The van der Waals surface area contributed by atoms with Gasteiger partial charge in [-0.3, -0.25) is 19.1 Å². The zero-order chi connectivity index (χ0) is 22.9. The largest absolute Gasteiger partial charge is 0.297 e. The van der Waals surface area contributed by atoms with Gasteiger partial charge in [0.2, 0.25) is 0 Å². The normalized spacial score (nSPS) is 16.3. The Balaban J connectivity index is 1.72. The molecule has 1 unspecified atom stereocenters. The summed E-state index contributed by atoms with van der Waals surface area (Å²) in [6.45, 7) is 0. The van der Waals surface area contributed by atoms with Crippen LogP contribution in [-0.4, -0.2) is 35.0 Å². The standard InChI is InChI=1S/C22H24ClN3O4S2/c1-32(29,30)19-12-31-21-20(19)25-13-26(22(21)28)17(9-14-5-3-2-4-6-14)18(27)10-16-8-7-15(23)11-24-16/h7-8,11-14,17H,2-6,9-10H2,1H3. The van der Waals surface area contributed by atoms with Crippen molar-refractivity contribution in [1.29, 1.82) is 0 Å². The number of halogens is 1. The van der Waals surface area contributed by atoms with E-state index in [1.54, 1.807) is 12.1 Å². The summed E-state index contributed by atoms with van der Waals surface area (Å²) in [7, 11) is -3.51. The maximum Gasteiger partial charge on any atom is 0.272 e.